The molecule has 1 N–H and O–H groups in total. The maximum Gasteiger partial charge on any atom is 0.0758 e. The minimum Gasteiger partial charge on any atom is -0.313 e. The summed E-state index contributed by atoms with van der Waals surface area (Å²) in [4.78, 5) is 4.09. The largest absolute Gasteiger partial charge is 0.313 e. The Hall–Kier alpha value is -0.860. The van der Waals surface area contributed by atoms with Gasteiger partial charge in [-0.2, -0.15) is 5.10 Å². The van der Waals surface area contributed by atoms with Crippen LogP contribution in [-0.4, -0.2) is 25.5 Å². The summed E-state index contributed by atoms with van der Waals surface area (Å²) in [5.74, 6) is 0. The minimum atomic E-state index is 0.670. The molecular weight excluding hydrogens is 114 g/mol. The van der Waals surface area contributed by atoms with Crippen molar-refractivity contribution < 1.29 is 0 Å². The third kappa shape index (κ3) is 7.14. The standard InChI is InChI=1S/C6H13N3/c1-6(2)8-4-5-9-7-3/h5,7H,4H2,1-3H3/b9-5-. The van der Waals surface area contributed by atoms with Crippen molar-refractivity contribution in [1.29, 1.82) is 0 Å². The predicted molar refractivity (Wildman–Crippen MR) is 41.2 cm³/mol. The second kappa shape index (κ2) is 5.28. The molecule has 0 unspecified atom stereocenters. The summed E-state index contributed by atoms with van der Waals surface area (Å²) in [6.45, 7) is 4.60. The number of aliphatic imine (C=N–C) groups is 1. The molecule has 3 heteroatoms. The van der Waals surface area contributed by atoms with E-state index in [1.807, 2.05) is 13.8 Å². The van der Waals surface area contributed by atoms with Crippen molar-refractivity contribution in [2.24, 2.45) is 10.1 Å². The van der Waals surface area contributed by atoms with E-state index < -0.39 is 0 Å². The lowest BCUT2D eigenvalue weighted by molar-refractivity contribution is 0.903. The van der Waals surface area contributed by atoms with Gasteiger partial charge in [0.2, 0.25) is 0 Å². The number of nitrogens with one attached hydrogen (secondary N) is 1. The molecule has 0 rings (SSSR count). The first kappa shape index (κ1) is 8.14. The number of hydrogen-bond acceptors (Lipinski definition) is 3. The molecule has 0 radical (unpaired) electrons. The number of nitrogens with zero attached hydrogens (tertiary/aromatic N) is 2. The quantitative estimate of drug-likeness (QED) is 0.439. The second-order valence-electron chi connectivity index (χ2n) is 1.82. The van der Waals surface area contributed by atoms with Crippen molar-refractivity contribution in [2.75, 3.05) is 13.6 Å². The number of hydrogen-bond donors (Lipinski definition) is 1. The number of rotatable bonds is 3. The predicted octanol–water partition coefficient (Wildman–Crippen LogP) is 0.672. The van der Waals surface area contributed by atoms with Crippen molar-refractivity contribution in [3.63, 3.8) is 0 Å². The third-order valence-electron chi connectivity index (χ3n) is 0.710. The molecule has 0 heterocycles. The Morgan fingerprint density at radius 1 is 1.56 bits per heavy atom. The highest BCUT2D eigenvalue weighted by molar-refractivity contribution is 5.80. The van der Waals surface area contributed by atoms with E-state index in [2.05, 4.69) is 15.5 Å². The Labute approximate surface area is 55.9 Å². The van der Waals surface area contributed by atoms with Gasteiger partial charge in [-0.1, -0.05) is 0 Å². The van der Waals surface area contributed by atoms with Gasteiger partial charge in [0.25, 0.3) is 0 Å². The van der Waals surface area contributed by atoms with Crippen molar-refractivity contribution in [1.82, 2.24) is 5.43 Å². The van der Waals surface area contributed by atoms with Crippen LogP contribution in [0, 0.1) is 0 Å². The summed E-state index contributed by atoms with van der Waals surface area (Å²) >= 11 is 0. The average Bonchev–Trinajstić information content (AvgIpc) is 1.80. The highest BCUT2D eigenvalue weighted by atomic mass is 15.3. The highest BCUT2D eigenvalue weighted by Crippen LogP contribution is 1.71. The Morgan fingerprint density at radius 3 is 2.67 bits per heavy atom. The monoisotopic (exact) mass is 127 g/mol. The van der Waals surface area contributed by atoms with Crippen LogP contribution in [0.4, 0.5) is 0 Å². The van der Waals surface area contributed by atoms with E-state index in [1.54, 1.807) is 13.3 Å². The van der Waals surface area contributed by atoms with E-state index in [-0.39, 0.29) is 0 Å². The van der Waals surface area contributed by atoms with Gasteiger partial charge in [0, 0.05) is 19.0 Å². The Morgan fingerprint density at radius 2 is 2.22 bits per heavy atom. The molecule has 0 amide bonds. The van der Waals surface area contributed by atoms with Crippen LogP contribution in [0.15, 0.2) is 10.1 Å². The van der Waals surface area contributed by atoms with Gasteiger partial charge in [0.1, 0.15) is 0 Å². The first-order valence-electron chi connectivity index (χ1n) is 2.93. The van der Waals surface area contributed by atoms with Gasteiger partial charge in [-0.05, 0) is 13.8 Å². The Balaban J connectivity index is 3.29. The van der Waals surface area contributed by atoms with E-state index in [4.69, 9.17) is 0 Å². The van der Waals surface area contributed by atoms with Gasteiger partial charge in [0.05, 0.1) is 6.54 Å². The Kier molecular flexibility index (Phi) is 4.78. The molecular formula is C6H13N3. The maximum absolute atomic E-state index is 4.09. The first-order valence-corrected chi connectivity index (χ1v) is 2.93. The topological polar surface area (TPSA) is 36.8 Å². The average molecular weight is 127 g/mol. The zero-order valence-corrected chi connectivity index (χ0v) is 6.18. The van der Waals surface area contributed by atoms with Gasteiger partial charge in [-0.3, -0.25) is 4.99 Å². The minimum absolute atomic E-state index is 0.670. The fourth-order valence-corrected chi connectivity index (χ4v) is 0.356. The van der Waals surface area contributed by atoms with Crippen molar-refractivity contribution in [3.05, 3.63) is 0 Å². The van der Waals surface area contributed by atoms with Crippen molar-refractivity contribution in [3.8, 4) is 0 Å². The summed E-state index contributed by atoms with van der Waals surface area (Å²) in [7, 11) is 1.76. The first-order chi connectivity index (χ1) is 4.27. The molecule has 0 aromatic rings. The van der Waals surface area contributed by atoms with Crippen molar-refractivity contribution in [2.45, 2.75) is 13.8 Å². The fourth-order valence-electron chi connectivity index (χ4n) is 0.356. The summed E-state index contributed by atoms with van der Waals surface area (Å²) in [5, 5.41) is 3.76. The molecule has 0 aliphatic heterocycles. The zero-order valence-electron chi connectivity index (χ0n) is 6.18. The molecule has 0 bridgehead atoms. The van der Waals surface area contributed by atoms with Crippen LogP contribution in [0.2, 0.25) is 0 Å². The molecule has 3 nitrogen and oxygen atoms in total. The summed E-state index contributed by atoms with van der Waals surface area (Å²) in [5.41, 5.74) is 3.72. The van der Waals surface area contributed by atoms with E-state index >= 15 is 0 Å². The normalized spacial score (nSPS) is 9.67. The van der Waals surface area contributed by atoms with Crippen LogP contribution in [0.25, 0.3) is 0 Å². The van der Waals surface area contributed by atoms with E-state index in [9.17, 15) is 0 Å². The zero-order chi connectivity index (χ0) is 7.11. The van der Waals surface area contributed by atoms with Gasteiger partial charge in [-0.25, -0.2) is 0 Å². The van der Waals surface area contributed by atoms with E-state index in [0.29, 0.717) is 6.54 Å². The maximum atomic E-state index is 4.09. The van der Waals surface area contributed by atoms with Crippen LogP contribution < -0.4 is 5.43 Å². The smallest absolute Gasteiger partial charge is 0.0758 e. The van der Waals surface area contributed by atoms with Crippen molar-refractivity contribution >= 4 is 11.9 Å². The summed E-state index contributed by atoms with van der Waals surface area (Å²) in [6.07, 6.45) is 1.73. The van der Waals surface area contributed by atoms with E-state index in [1.165, 1.54) is 0 Å². The van der Waals surface area contributed by atoms with Crippen LogP contribution in [0.5, 0.6) is 0 Å². The van der Waals surface area contributed by atoms with Gasteiger partial charge in [-0.15, -0.1) is 0 Å². The molecule has 0 aliphatic carbocycles. The molecule has 0 spiro atoms. The summed E-state index contributed by atoms with van der Waals surface area (Å²) < 4.78 is 0. The summed E-state index contributed by atoms with van der Waals surface area (Å²) in [6, 6.07) is 0. The molecule has 0 saturated carbocycles. The molecule has 9 heavy (non-hydrogen) atoms. The van der Waals surface area contributed by atoms with Gasteiger partial charge >= 0.3 is 0 Å². The molecule has 0 saturated heterocycles. The molecule has 0 atom stereocenters. The van der Waals surface area contributed by atoms with Gasteiger partial charge < -0.3 is 5.43 Å². The lowest BCUT2D eigenvalue weighted by Gasteiger charge is -1.86. The molecule has 0 aromatic heterocycles. The number of hydrazone groups is 1. The van der Waals surface area contributed by atoms with Gasteiger partial charge in [0.15, 0.2) is 0 Å². The third-order valence-corrected chi connectivity index (χ3v) is 0.710. The molecule has 0 aromatic carbocycles. The highest BCUT2D eigenvalue weighted by Gasteiger charge is 1.73. The molecule has 0 aliphatic rings. The van der Waals surface area contributed by atoms with Crippen LogP contribution in [0.1, 0.15) is 13.8 Å². The van der Waals surface area contributed by atoms with Crippen LogP contribution in [0.3, 0.4) is 0 Å². The van der Waals surface area contributed by atoms with Crippen LogP contribution >= 0.6 is 0 Å². The Bertz CT molecular complexity index is 111. The molecule has 0 fully saturated rings. The lowest BCUT2D eigenvalue weighted by Crippen LogP contribution is -1.96. The second-order valence-corrected chi connectivity index (χ2v) is 1.82. The fraction of sp³-hybridized carbons (Fsp3) is 0.667. The molecule has 52 valence electrons. The SMILES string of the molecule is CN/N=C\CN=C(C)C. The van der Waals surface area contributed by atoms with E-state index in [0.717, 1.165) is 5.71 Å². The van der Waals surface area contributed by atoms with Crippen LogP contribution in [-0.2, 0) is 0 Å². The lowest BCUT2D eigenvalue weighted by atomic mass is 10.5.